The molecule has 5 rings (SSSR count). The Hall–Kier alpha value is -2.78. The molecule has 152 valence electrons. The lowest BCUT2D eigenvalue weighted by Gasteiger charge is -2.12. The second-order valence-corrected chi connectivity index (χ2v) is 9.76. The van der Waals surface area contributed by atoms with E-state index in [1.165, 1.54) is 16.5 Å². The second kappa shape index (κ2) is 8.16. The molecule has 0 unspecified atom stereocenters. The minimum absolute atomic E-state index is 0.0655. The van der Waals surface area contributed by atoms with E-state index in [4.69, 9.17) is 0 Å². The summed E-state index contributed by atoms with van der Waals surface area (Å²) in [5.74, 6) is -0.0655. The maximum Gasteiger partial charge on any atom is 0.237 e. The van der Waals surface area contributed by atoms with E-state index in [0.29, 0.717) is 11.2 Å². The highest BCUT2D eigenvalue weighted by atomic mass is 32.2. The van der Waals surface area contributed by atoms with E-state index in [2.05, 4.69) is 31.9 Å². The van der Waals surface area contributed by atoms with Crippen molar-refractivity contribution in [3.8, 4) is 0 Å². The van der Waals surface area contributed by atoms with Gasteiger partial charge in [-0.25, -0.2) is 9.67 Å². The highest BCUT2D eigenvalue weighted by molar-refractivity contribution is 8.00. The number of nitrogens with one attached hydrogen (secondary N) is 1. The molecular formula is C21H20N6OS2. The number of thioether (sulfide) groups is 1. The van der Waals surface area contributed by atoms with E-state index < -0.39 is 0 Å². The van der Waals surface area contributed by atoms with Gasteiger partial charge in [-0.2, -0.15) is 0 Å². The summed E-state index contributed by atoms with van der Waals surface area (Å²) in [6.07, 6.45) is 2.98. The third-order valence-electron chi connectivity index (χ3n) is 4.92. The van der Waals surface area contributed by atoms with Gasteiger partial charge in [0.25, 0.3) is 0 Å². The van der Waals surface area contributed by atoms with Gasteiger partial charge in [0.15, 0.2) is 0 Å². The zero-order chi connectivity index (χ0) is 20.5. The predicted octanol–water partition coefficient (Wildman–Crippen LogP) is 4.33. The third kappa shape index (κ3) is 4.22. The number of rotatable bonds is 7. The molecule has 2 aromatic heterocycles. The van der Waals surface area contributed by atoms with Crippen molar-refractivity contribution in [2.24, 2.45) is 0 Å². The van der Waals surface area contributed by atoms with Gasteiger partial charge in [0.05, 0.1) is 26.5 Å². The number of nitrogens with zero attached hydrogens (tertiary/aromatic N) is 5. The van der Waals surface area contributed by atoms with Crippen molar-refractivity contribution in [1.29, 1.82) is 0 Å². The average molecular weight is 437 g/mol. The number of hydrogen-bond donors (Lipinski definition) is 1. The van der Waals surface area contributed by atoms with Crippen LogP contribution in [0.15, 0.2) is 53.7 Å². The minimum Gasteiger partial charge on any atom is -0.325 e. The van der Waals surface area contributed by atoms with Gasteiger partial charge < -0.3 is 5.32 Å². The molecule has 1 saturated carbocycles. The molecule has 7 nitrogen and oxygen atoms in total. The summed E-state index contributed by atoms with van der Waals surface area (Å²) < 4.78 is 3.03. The van der Waals surface area contributed by atoms with Crippen molar-refractivity contribution < 1.29 is 4.79 Å². The lowest BCUT2D eigenvalue weighted by Crippen LogP contribution is -2.23. The van der Waals surface area contributed by atoms with Crippen molar-refractivity contribution >= 4 is 44.9 Å². The topological polar surface area (TPSA) is 85.6 Å². The average Bonchev–Trinajstić information content (AvgIpc) is 3.35. The zero-order valence-corrected chi connectivity index (χ0v) is 18.0. The summed E-state index contributed by atoms with van der Waals surface area (Å²) in [4.78, 5) is 17.3. The maximum absolute atomic E-state index is 12.6. The van der Waals surface area contributed by atoms with E-state index in [9.17, 15) is 4.79 Å². The number of thiazole rings is 1. The molecule has 1 atom stereocenters. The van der Waals surface area contributed by atoms with Crippen LogP contribution in [0.5, 0.6) is 0 Å². The Morgan fingerprint density at radius 2 is 2.03 bits per heavy atom. The summed E-state index contributed by atoms with van der Waals surface area (Å²) in [6.45, 7) is 1.87. The molecule has 1 aliphatic rings. The van der Waals surface area contributed by atoms with Gasteiger partial charge in [0.1, 0.15) is 0 Å². The number of amides is 1. The highest BCUT2D eigenvalue weighted by Gasteiger charge is 2.29. The fourth-order valence-electron chi connectivity index (χ4n) is 3.14. The molecule has 1 amide bonds. The first-order chi connectivity index (χ1) is 14.7. The summed E-state index contributed by atoms with van der Waals surface area (Å²) in [5.41, 5.74) is 2.99. The van der Waals surface area contributed by atoms with Crippen molar-refractivity contribution in [2.45, 2.75) is 42.6 Å². The SMILES string of the molecule is C[C@H](Sc1nnnn1C1CC1)C(=O)Nc1ccc(Cc2nc3ccccc3s2)cc1. The van der Waals surface area contributed by atoms with Crippen LogP contribution < -0.4 is 5.32 Å². The molecule has 1 N–H and O–H groups in total. The Morgan fingerprint density at radius 1 is 1.23 bits per heavy atom. The summed E-state index contributed by atoms with van der Waals surface area (Å²) >= 11 is 3.11. The third-order valence-corrected chi connectivity index (χ3v) is 7.01. The lowest BCUT2D eigenvalue weighted by atomic mass is 10.1. The van der Waals surface area contributed by atoms with E-state index in [1.54, 1.807) is 11.3 Å². The number of carbonyl (C=O) groups is 1. The van der Waals surface area contributed by atoms with Crippen molar-refractivity contribution in [3.63, 3.8) is 0 Å². The summed E-state index contributed by atoms with van der Waals surface area (Å²) in [7, 11) is 0. The molecule has 0 bridgehead atoms. The van der Waals surface area contributed by atoms with Gasteiger partial charge in [-0.15, -0.1) is 16.4 Å². The number of tetrazole rings is 1. The fraction of sp³-hybridized carbons (Fsp3) is 0.286. The lowest BCUT2D eigenvalue weighted by molar-refractivity contribution is -0.115. The van der Waals surface area contributed by atoms with Crippen molar-refractivity contribution in [3.05, 3.63) is 59.1 Å². The summed E-state index contributed by atoms with van der Waals surface area (Å²) in [5, 5.41) is 16.3. The van der Waals surface area contributed by atoms with Gasteiger partial charge in [0.2, 0.25) is 11.1 Å². The molecule has 30 heavy (non-hydrogen) atoms. The van der Waals surface area contributed by atoms with E-state index in [0.717, 1.165) is 41.0 Å². The number of carbonyl (C=O) groups excluding carboxylic acids is 1. The van der Waals surface area contributed by atoms with Crippen LogP contribution in [-0.2, 0) is 11.2 Å². The molecular weight excluding hydrogens is 416 g/mol. The van der Waals surface area contributed by atoms with Crippen LogP contribution in [-0.4, -0.2) is 36.3 Å². The molecule has 0 aliphatic heterocycles. The molecule has 0 saturated heterocycles. The van der Waals surface area contributed by atoms with Gasteiger partial charge >= 0.3 is 0 Å². The van der Waals surface area contributed by atoms with Gasteiger partial charge in [-0.3, -0.25) is 4.79 Å². The van der Waals surface area contributed by atoms with Crippen LogP contribution in [0.25, 0.3) is 10.2 Å². The highest BCUT2D eigenvalue weighted by Crippen LogP contribution is 2.37. The van der Waals surface area contributed by atoms with Crippen LogP contribution >= 0.6 is 23.1 Å². The number of fused-ring (bicyclic) bond motifs is 1. The number of benzene rings is 2. The molecule has 0 radical (unpaired) electrons. The Labute approximate surface area is 181 Å². The molecule has 1 fully saturated rings. The van der Waals surface area contributed by atoms with E-state index in [-0.39, 0.29) is 11.2 Å². The molecule has 2 aromatic carbocycles. The quantitative estimate of drug-likeness (QED) is 0.434. The first kappa shape index (κ1) is 19.2. The van der Waals surface area contributed by atoms with Crippen molar-refractivity contribution in [2.75, 3.05) is 5.32 Å². The van der Waals surface area contributed by atoms with E-state index >= 15 is 0 Å². The van der Waals surface area contributed by atoms with Crippen LogP contribution in [0.2, 0.25) is 0 Å². The molecule has 9 heteroatoms. The molecule has 2 heterocycles. The van der Waals surface area contributed by atoms with Crippen molar-refractivity contribution in [1.82, 2.24) is 25.2 Å². The zero-order valence-electron chi connectivity index (χ0n) is 16.4. The Balaban J connectivity index is 1.19. The second-order valence-electron chi connectivity index (χ2n) is 7.34. The first-order valence-corrected chi connectivity index (χ1v) is 11.5. The summed E-state index contributed by atoms with van der Waals surface area (Å²) in [6, 6.07) is 16.5. The van der Waals surface area contributed by atoms with E-state index in [1.807, 2.05) is 54.1 Å². The van der Waals surface area contributed by atoms with Crippen LogP contribution in [0.1, 0.15) is 36.4 Å². The number of para-hydroxylation sites is 1. The van der Waals surface area contributed by atoms with Crippen LogP contribution in [0, 0.1) is 0 Å². The fourth-order valence-corrected chi connectivity index (χ4v) is 5.00. The monoisotopic (exact) mass is 436 g/mol. The largest absolute Gasteiger partial charge is 0.325 e. The van der Waals surface area contributed by atoms with Crippen LogP contribution in [0.4, 0.5) is 5.69 Å². The Morgan fingerprint density at radius 3 is 2.80 bits per heavy atom. The van der Waals surface area contributed by atoms with Gasteiger partial charge in [-0.1, -0.05) is 36.0 Å². The van der Waals surface area contributed by atoms with Gasteiger partial charge in [-0.05, 0) is 60.0 Å². The van der Waals surface area contributed by atoms with Crippen LogP contribution in [0.3, 0.4) is 0 Å². The van der Waals surface area contributed by atoms with Gasteiger partial charge in [0, 0.05) is 12.1 Å². The number of anilines is 1. The number of hydrogen-bond acceptors (Lipinski definition) is 7. The minimum atomic E-state index is -0.295. The normalized spacial score (nSPS) is 14.7. The molecule has 1 aliphatic carbocycles. The molecule has 4 aromatic rings. The smallest absolute Gasteiger partial charge is 0.237 e. The molecule has 0 spiro atoms. The first-order valence-electron chi connectivity index (χ1n) is 9.84. The standard InChI is InChI=1S/C21H20N6OS2/c1-13(29-21-24-25-26-27(21)16-10-11-16)20(28)22-15-8-6-14(7-9-15)12-19-23-17-4-2-3-5-18(17)30-19/h2-9,13,16H,10-12H2,1H3,(H,22,28)/t13-/m0/s1. The Bertz CT molecular complexity index is 1150. The Kier molecular flexibility index (Phi) is 5.22. The maximum atomic E-state index is 12.6. The predicted molar refractivity (Wildman–Crippen MR) is 119 cm³/mol. The number of aromatic nitrogens is 5.